The van der Waals surface area contributed by atoms with E-state index in [1.54, 1.807) is 20.1 Å². The van der Waals surface area contributed by atoms with E-state index >= 15 is 0 Å². The maximum Gasteiger partial charge on any atom is 0.340 e. The Bertz CT molecular complexity index is 379. The van der Waals surface area contributed by atoms with Gasteiger partial charge in [-0.1, -0.05) is 11.6 Å². The van der Waals surface area contributed by atoms with E-state index in [2.05, 4.69) is 9.72 Å². The van der Waals surface area contributed by atoms with E-state index in [1.165, 1.54) is 7.11 Å². The van der Waals surface area contributed by atoms with Gasteiger partial charge in [0, 0.05) is 7.11 Å². The Balaban J connectivity index is 3.26. The van der Waals surface area contributed by atoms with Crippen LogP contribution in [0.15, 0.2) is 6.07 Å². The molecule has 15 heavy (non-hydrogen) atoms. The largest absolute Gasteiger partial charge is 0.465 e. The number of halogens is 1. The molecule has 1 rings (SSSR count). The number of nitrogens with zero attached hydrogens (tertiary/aromatic N) is 1. The van der Waals surface area contributed by atoms with Crippen molar-refractivity contribution in [3.63, 3.8) is 0 Å². The minimum atomic E-state index is -0.427. The van der Waals surface area contributed by atoms with Crippen molar-refractivity contribution < 1.29 is 14.3 Å². The van der Waals surface area contributed by atoms with Crippen LogP contribution in [0.25, 0.3) is 0 Å². The monoisotopic (exact) mass is 229 g/mol. The van der Waals surface area contributed by atoms with E-state index in [0.29, 0.717) is 28.6 Å². The van der Waals surface area contributed by atoms with Crippen molar-refractivity contribution in [1.82, 2.24) is 4.98 Å². The normalized spacial score (nSPS) is 10.1. The fraction of sp³-hybridized carbons (Fsp3) is 0.400. The van der Waals surface area contributed by atoms with Crippen molar-refractivity contribution in [3.8, 4) is 0 Å². The Labute approximate surface area is 93.2 Å². The highest BCUT2D eigenvalue weighted by Crippen LogP contribution is 2.19. The molecule has 0 saturated carbocycles. The van der Waals surface area contributed by atoms with Crippen LogP contribution in [0.3, 0.4) is 0 Å². The second kappa shape index (κ2) is 5.09. The summed E-state index contributed by atoms with van der Waals surface area (Å²) < 4.78 is 9.65. The molecule has 0 atom stereocenters. The first kappa shape index (κ1) is 11.9. The topological polar surface area (TPSA) is 48.4 Å². The van der Waals surface area contributed by atoms with Gasteiger partial charge in [0.05, 0.1) is 25.0 Å². The van der Waals surface area contributed by atoms with Crippen molar-refractivity contribution in [1.29, 1.82) is 0 Å². The predicted octanol–water partition coefficient (Wildman–Crippen LogP) is 1.98. The molecule has 0 spiro atoms. The number of hydrogen-bond donors (Lipinski definition) is 0. The van der Waals surface area contributed by atoms with Gasteiger partial charge in [0.15, 0.2) is 0 Å². The van der Waals surface area contributed by atoms with Gasteiger partial charge in [0.25, 0.3) is 0 Å². The molecule has 0 aliphatic heterocycles. The number of aryl methyl sites for hydroxylation is 1. The number of ether oxygens (including phenoxy) is 2. The number of methoxy groups -OCH3 is 2. The Morgan fingerprint density at radius 3 is 2.73 bits per heavy atom. The van der Waals surface area contributed by atoms with Crippen LogP contribution in [0.4, 0.5) is 0 Å². The smallest absolute Gasteiger partial charge is 0.340 e. The Morgan fingerprint density at radius 2 is 2.20 bits per heavy atom. The molecule has 5 heteroatoms. The van der Waals surface area contributed by atoms with Crippen LogP contribution in [0.1, 0.15) is 21.6 Å². The molecule has 0 unspecified atom stereocenters. The quantitative estimate of drug-likeness (QED) is 0.587. The van der Waals surface area contributed by atoms with E-state index in [-0.39, 0.29) is 0 Å². The zero-order chi connectivity index (χ0) is 11.4. The van der Waals surface area contributed by atoms with Crippen molar-refractivity contribution in [2.75, 3.05) is 14.2 Å². The lowest BCUT2D eigenvalue weighted by atomic mass is 10.1. The third-order valence-electron chi connectivity index (χ3n) is 1.94. The van der Waals surface area contributed by atoms with E-state index in [1.807, 2.05) is 0 Å². The number of rotatable bonds is 3. The summed E-state index contributed by atoms with van der Waals surface area (Å²) in [4.78, 5) is 15.5. The van der Waals surface area contributed by atoms with E-state index < -0.39 is 5.97 Å². The fourth-order valence-electron chi connectivity index (χ4n) is 1.35. The summed E-state index contributed by atoms with van der Waals surface area (Å²) in [5, 5.41) is 0.340. The van der Waals surface area contributed by atoms with Gasteiger partial charge in [-0.2, -0.15) is 0 Å². The van der Waals surface area contributed by atoms with E-state index in [0.717, 1.165) is 0 Å². The molecule has 0 saturated heterocycles. The van der Waals surface area contributed by atoms with Crippen molar-refractivity contribution in [2.24, 2.45) is 0 Å². The summed E-state index contributed by atoms with van der Waals surface area (Å²) in [5.41, 5.74) is 1.65. The van der Waals surface area contributed by atoms with Gasteiger partial charge in [0.2, 0.25) is 0 Å². The summed E-state index contributed by atoms with van der Waals surface area (Å²) in [5.74, 6) is -0.427. The predicted molar refractivity (Wildman–Crippen MR) is 56.0 cm³/mol. The van der Waals surface area contributed by atoms with Crippen LogP contribution in [0.2, 0.25) is 5.15 Å². The summed E-state index contributed by atoms with van der Waals surface area (Å²) in [6.45, 7) is 2.00. The number of esters is 1. The molecule has 0 N–H and O–H groups in total. The summed E-state index contributed by atoms with van der Waals surface area (Å²) >= 11 is 5.79. The number of pyridine rings is 1. The maximum absolute atomic E-state index is 11.5. The second-order valence-corrected chi connectivity index (χ2v) is 3.38. The molecule has 4 nitrogen and oxygen atoms in total. The first-order chi connectivity index (χ1) is 7.10. The van der Waals surface area contributed by atoms with Crippen LogP contribution in [0, 0.1) is 6.92 Å². The zero-order valence-corrected chi connectivity index (χ0v) is 9.59. The highest BCUT2D eigenvalue weighted by molar-refractivity contribution is 6.29. The number of hydrogen-bond acceptors (Lipinski definition) is 4. The molecule has 0 radical (unpaired) electrons. The fourth-order valence-corrected chi connectivity index (χ4v) is 1.61. The molecule has 0 aromatic carbocycles. The average molecular weight is 230 g/mol. The minimum Gasteiger partial charge on any atom is -0.465 e. The molecule has 1 heterocycles. The van der Waals surface area contributed by atoms with Gasteiger partial charge in [-0.05, 0) is 18.6 Å². The van der Waals surface area contributed by atoms with Gasteiger partial charge >= 0.3 is 5.97 Å². The summed E-state index contributed by atoms with van der Waals surface area (Å²) in [6, 6.07) is 1.60. The average Bonchev–Trinajstić information content (AvgIpc) is 2.16. The molecule has 0 bridgehead atoms. The number of aromatic nitrogens is 1. The number of carbonyl (C=O) groups is 1. The first-order valence-electron chi connectivity index (χ1n) is 4.33. The highest BCUT2D eigenvalue weighted by atomic mass is 35.5. The van der Waals surface area contributed by atoms with E-state index in [9.17, 15) is 4.79 Å². The highest BCUT2D eigenvalue weighted by Gasteiger charge is 2.16. The van der Waals surface area contributed by atoms with Crippen LogP contribution in [-0.2, 0) is 16.1 Å². The van der Waals surface area contributed by atoms with Crippen LogP contribution in [-0.4, -0.2) is 25.2 Å². The van der Waals surface area contributed by atoms with Crippen molar-refractivity contribution in [3.05, 3.63) is 28.0 Å². The lowest BCUT2D eigenvalue weighted by Crippen LogP contribution is -2.10. The number of carbonyl (C=O) groups excluding carboxylic acids is 1. The van der Waals surface area contributed by atoms with Gasteiger partial charge in [0.1, 0.15) is 5.15 Å². The Morgan fingerprint density at radius 1 is 1.53 bits per heavy atom. The molecular formula is C10H12ClNO3. The molecule has 1 aromatic heterocycles. The van der Waals surface area contributed by atoms with Gasteiger partial charge in [-0.25, -0.2) is 9.78 Å². The molecule has 0 aliphatic carbocycles. The molecule has 1 aromatic rings. The first-order valence-corrected chi connectivity index (χ1v) is 4.71. The van der Waals surface area contributed by atoms with Gasteiger partial charge in [-0.3, -0.25) is 0 Å². The maximum atomic E-state index is 11.5. The summed E-state index contributed by atoms with van der Waals surface area (Å²) in [7, 11) is 2.87. The van der Waals surface area contributed by atoms with Crippen LogP contribution in [0.5, 0.6) is 0 Å². The molecule has 0 amide bonds. The lowest BCUT2D eigenvalue weighted by Gasteiger charge is -2.09. The minimum absolute atomic E-state index is 0.299. The third kappa shape index (κ3) is 2.67. The van der Waals surface area contributed by atoms with Gasteiger partial charge < -0.3 is 9.47 Å². The molecule has 0 aliphatic rings. The molecule has 0 fully saturated rings. The Kier molecular flexibility index (Phi) is 4.05. The van der Waals surface area contributed by atoms with Crippen LogP contribution < -0.4 is 0 Å². The molecular weight excluding hydrogens is 218 g/mol. The van der Waals surface area contributed by atoms with Gasteiger partial charge in [-0.15, -0.1) is 0 Å². The second-order valence-electron chi connectivity index (χ2n) is 2.99. The molecule has 82 valence electrons. The zero-order valence-electron chi connectivity index (χ0n) is 8.83. The Hall–Kier alpha value is -1.13. The third-order valence-corrected chi connectivity index (χ3v) is 2.13. The summed E-state index contributed by atoms with van der Waals surface area (Å²) in [6.07, 6.45) is 0. The van der Waals surface area contributed by atoms with Crippen molar-refractivity contribution >= 4 is 17.6 Å². The standard InChI is InChI=1S/C10H12ClNO3/c1-6-9(10(13)15-3)7(5-14-2)4-8(11)12-6/h4H,5H2,1-3H3. The van der Waals surface area contributed by atoms with Crippen molar-refractivity contribution in [2.45, 2.75) is 13.5 Å². The SMILES string of the molecule is COCc1cc(Cl)nc(C)c1C(=O)OC. The van der Waals surface area contributed by atoms with Crippen LogP contribution >= 0.6 is 11.6 Å². The lowest BCUT2D eigenvalue weighted by molar-refractivity contribution is 0.0594. The van der Waals surface area contributed by atoms with E-state index in [4.69, 9.17) is 16.3 Å².